The van der Waals surface area contributed by atoms with Gasteiger partial charge in [0, 0.05) is 11.5 Å². The summed E-state index contributed by atoms with van der Waals surface area (Å²) in [5.41, 5.74) is 3.44. The van der Waals surface area contributed by atoms with Crippen LogP contribution < -0.4 is 10.5 Å². The maximum atomic E-state index is 13.7. The van der Waals surface area contributed by atoms with Gasteiger partial charge in [0.25, 0.3) is 5.91 Å². The third-order valence-electron chi connectivity index (χ3n) is 7.14. The second kappa shape index (κ2) is 9.40. The van der Waals surface area contributed by atoms with Crippen LogP contribution in [-0.4, -0.2) is 71.5 Å². The van der Waals surface area contributed by atoms with Gasteiger partial charge < -0.3 is 25.4 Å². The van der Waals surface area contributed by atoms with E-state index in [2.05, 4.69) is 13.2 Å². The number of fused-ring (bicyclic) bond motifs is 3. The van der Waals surface area contributed by atoms with Crippen molar-refractivity contribution in [3.8, 4) is 5.75 Å². The van der Waals surface area contributed by atoms with Crippen molar-refractivity contribution < 1.29 is 34.1 Å². The van der Waals surface area contributed by atoms with Crippen LogP contribution >= 0.6 is 0 Å². The van der Waals surface area contributed by atoms with Gasteiger partial charge in [-0.25, -0.2) is 0 Å². The number of rotatable bonds is 8. The highest BCUT2D eigenvalue weighted by atomic mass is 16.5. The van der Waals surface area contributed by atoms with Gasteiger partial charge >= 0.3 is 0 Å². The molecule has 0 fully saturated rings. The number of nitrogens with two attached hydrogens (primary N) is 1. The number of ether oxygens (including phenoxy) is 2. The first-order valence-electron chi connectivity index (χ1n) is 11.6. The van der Waals surface area contributed by atoms with Crippen molar-refractivity contribution in [1.29, 1.82) is 0 Å². The molecule has 4 rings (SSSR count). The second-order valence-electron chi connectivity index (χ2n) is 9.43. The summed E-state index contributed by atoms with van der Waals surface area (Å²) in [6, 6.07) is 4.47. The highest BCUT2D eigenvalue weighted by Gasteiger charge is 2.63. The molecular weight excluding hydrogens is 464 g/mol. The average Bonchev–Trinajstić information content (AvgIpc) is 2.82. The number of hydrogen-bond donors (Lipinski definition) is 3. The number of carbonyl (C=O) groups is 3. The number of ketones is 2. The Bertz CT molecular complexity index is 1230. The lowest BCUT2D eigenvalue weighted by Gasteiger charge is -2.50. The Hall–Kier alpha value is -3.69. The molecule has 190 valence electrons. The van der Waals surface area contributed by atoms with E-state index in [9.17, 15) is 24.6 Å². The predicted octanol–water partition coefficient (Wildman–Crippen LogP) is 1.62. The summed E-state index contributed by atoms with van der Waals surface area (Å²) in [7, 11) is 3.41. The zero-order valence-corrected chi connectivity index (χ0v) is 20.3. The minimum Gasteiger partial charge on any atom is -0.508 e. The van der Waals surface area contributed by atoms with Gasteiger partial charge in [0.2, 0.25) is 5.78 Å². The summed E-state index contributed by atoms with van der Waals surface area (Å²) < 4.78 is 11.4. The fraction of sp³-hybridized carbons (Fsp3) is 0.370. The molecular formula is C27H30N2O7. The molecule has 0 radical (unpaired) electrons. The van der Waals surface area contributed by atoms with Gasteiger partial charge in [-0.2, -0.15) is 0 Å². The normalized spacial score (nSPS) is 27.3. The summed E-state index contributed by atoms with van der Waals surface area (Å²) in [5, 5.41) is 23.3. The molecule has 1 amide bonds. The molecule has 0 heterocycles. The molecule has 3 aliphatic rings. The Balaban J connectivity index is 1.92. The Kier molecular flexibility index (Phi) is 6.64. The van der Waals surface area contributed by atoms with E-state index in [0.29, 0.717) is 12.2 Å². The van der Waals surface area contributed by atoms with Gasteiger partial charge in [0.1, 0.15) is 36.1 Å². The lowest BCUT2D eigenvalue weighted by atomic mass is 9.58. The molecule has 0 spiro atoms. The number of Topliss-reactive ketones (excluding diaryl/α,β-unsaturated/α-hetero) is 2. The summed E-state index contributed by atoms with van der Waals surface area (Å²) in [6.45, 7) is 7.41. The number of aliphatic hydroxyl groups excluding tert-OH is 1. The average molecular weight is 495 g/mol. The molecule has 0 saturated heterocycles. The first-order valence-corrected chi connectivity index (χ1v) is 11.6. The number of carbonyl (C=O) groups excluding carboxylic acids is 3. The van der Waals surface area contributed by atoms with Crippen LogP contribution in [0.2, 0.25) is 0 Å². The first kappa shape index (κ1) is 25.4. The molecule has 1 aromatic rings. The number of primary amides is 1. The zero-order valence-electron chi connectivity index (χ0n) is 20.3. The van der Waals surface area contributed by atoms with Crippen LogP contribution in [0.15, 0.2) is 66.2 Å². The van der Waals surface area contributed by atoms with Gasteiger partial charge in [-0.05, 0) is 44.5 Å². The number of aliphatic hydroxyl groups is 2. The van der Waals surface area contributed by atoms with Gasteiger partial charge in [-0.1, -0.05) is 37.4 Å². The molecule has 9 nitrogen and oxygen atoms in total. The van der Waals surface area contributed by atoms with Crippen molar-refractivity contribution in [1.82, 2.24) is 4.90 Å². The SMILES string of the molecule is C=CCOC1=C(C(N)=O)C(=O)[C@@]2(O)C(O)=C3C(=O)c4c(cccc4OCC=C)C[C@H]3C[C@H]2[C@@H]1N(C)C. The lowest BCUT2D eigenvalue weighted by Crippen LogP contribution is -2.64. The van der Waals surface area contributed by atoms with Gasteiger partial charge in [-0.15, -0.1) is 0 Å². The Morgan fingerprint density at radius 3 is 2.50 bits per heavy atom. The molecule has 4 N–H and O–H groups in total. The topological polar surface area (TPSA) is 139 Å². The largest absolute Gasteiger partial charge is 0.508 e. The van der Waals surface area contributed by atoms with E-state index in [0.717, 1.165) is 5.56 Å². The highest BCUT2D eigenvalue weighted by Crippen LogP contribution is 2.52. The molecule has 0 saturated carbocycles. The van der Waals surface area contributed by atoms with Crippen molar-refractivity contribution in [2.24, 2.45) is 17.6 Å². The fourth-order valence-electron chi connectivity index (χ4n) is 5.72. The summed E-state index contributed by atoms with van der Waals surface area (Å²) in [5.74, 6) is -4.51. The third-order valence-corrected chi connectivity index (χ3v) is 7.14. The van der Waals surface area contributed by atoms with Gasteiger partial charge in [-0.3, -0.25) is 19.3 Å². The van der Waals surface area contributed by atoms with Crippen molar-refractivity contribution in [3.05, 3.63) is 77.3 Å². The Morgan fingerprint density at radius 2 is 1.89 bits per heavy atom. The minimum atomic E-state index is -2.53. The van der Waals surface area contributed by atoms with E-state index >= 15 is 0 Å². The van der Waals surface area contributed by atoms with E-state index in [-0.39, 0.29) is 36.5 Å². The predicted molar refractivity (Wildman–Crippen MR) is 131 cm³/mol. The number of nitrogens with zero attached hydrogens (tertiary/aromatic N) is 1. The lowest BCUT2D eigenvalue weighted by molar-refractivity contribution is -0.149. The Morgan fingerprint density at radius 1 is 1.22 bits per heavy atom. The van der Waals surface area contributed by atoms with E-state index in [1.807, 2.05) is 6.07 Å². The van der Waals surface area contributed by atoms with Gasteiger partial charge in [0.05, 0.1) is 11.6 Å². The summed E-state index contributed by atoms with van der Waals surface area (Å²) in [4.78, 5) is 41.4. The van der Waals surface area contributed by atoms with E-state index < -0.39 is 52.3 Å². The molecule has 0 unspecified atom stereocenters. The zero-order chi connectivity index (χ0) is 26.4. The Labute approximate surface area is 209 Å². The number of amides is 1. The van der Waals surface area contributed by atoms with Crippen LogP contribution in [0.5, 0.6) is 5.75 Å². The minimum absolute atomic E-state index is 0.00469. The highest BCUT2D eigenvalue weighted by molar-refractivity contribution is 6.24. The quantitative estimate of drug-likeness (QED) is 0.366. The second-order valence-corrected chi connectivity index (χ2v) is 9.43. The molecule has 0 aliphatic heterocycles. The van der Waals surface area contributed by atoms with Crippen LogP contribution in [0.4, 0.5) is 0 Å². The van der Waals surface area contributed by atoms with Crippen LogP contribution in [0.25, 0.3) is 0 Å². The van der Waals surface area contributed by atoms with Crippen LogP contribution in [0.1, 0.15) is 22.3 Å². The molecule has 36 heavy (non-hydrogen) atoms. The van der Waals surface area contributed by atoms with Crippen molar-refractivity contribution in [3.63, 3.8) is 0 Å². The monoisotopic (exact) mass is 494 g/mol. The first-order chi connectivity index (χ1) is 17.1. The van der Waals surface area contributed by atoms with Crippen molar-refractivity contribution in [2.75, 3.05) is 27.3 Å². The molecule has 0 bridgehead atoms. The summed E-state index contributed by atoms with van der Waals surface area (Å²) >= 11 is 0. The molecule has 0 aromatic heterocycles. The van der Waals surface area contributed by atoms with Gasteiger partial charge in [0.15, 0.2) is 11.4 Å². The maximum Gasteiger partial charge on any atom is 0.255 e. The standard InChI is InChI=1S/C27H30N2O7/c1-5-10-35-17-9-7-8-14-12-15-13-16-21(29(3)4)23(36-11-6-2)20(26(28)33)25(32)27(16,34)24(31)19(15)22(30)18(14)17/h5-9,15-16,21,31,34H,1-2,10-13H2,3-4H3,(H2,28,33)/t15-,16-,21-,27-/m0/s1. The fourth-order valence-corrected chi connectivity index (χ4v) is 5.72. The molecule has 1 aromatic carbocycles. The van der Waals surface area contributed by atoms with E-state index in [1.165, 1.54) is 6.08 Å². The number of benzene rings is 1. The smallest absolute Gasteiger partial charge is 0.255 e. The third kappa shape index (κ3) is 3.66. The van der Waals surface area contributed by atoms with Crippen LogP contribution in [0, 0.1) is 11.8 Å². The number of likely N-dealkylation sites (N-methyl/N-ethyl adjacent to an activating group) is 1. The number of hydrogen-bond acceptors (Lipinski definition) is 8. The molecule has 4 atom stereocenters. The van der Waals surface area contributed by atoms with Crippen molar-refractivity contribution >= 4 is 17.5 Å². The van der Waals surface area contributed by atoms with Crippen LogP contribution in [-0.2, 0) is 20.7 Å². The van der Waals surface area contributed by atoms with Crippen LogP contribution in [0.3, 0.4) is 0 Å². The number of allylic oxidation sites excluding steroid dienone is 1. The molecule has 3 aliphatic carbocycles. The van der Waals surface area contributed by atoms with Crippen molar-refractivity contribution in [2.45, 2.75) is 24.5 Å². The van der Waals surface area contributed by atoms with E-state index in [1.54, 1.807) is 37.2 Å². The molecule has 9 heteroatoms. The van der Waals surface area contributed by atoms with E-state index in [4.69, 9.17) is 15.2 Å². The summed E-state index contributed by atoms with van der Waals surface area (Å²) in [6.07, 6.45) is 3.58. The maximum absolute atomic E-state index is 13.7.